The first kappa shape index (κ1) is 34.7. The van der Waals surface area contributed by atoms with E-state index in [1.807, 2.05) is 20.8 Å². The van der Waals surface area contributed by atoms with E-state index in [1.165, 1.54) is 17.0 Å². The van der Waals surface area contributed by atoms with Crippen LogP contribution >= 0.6 is 39.1 Å². The summed E-state index contributed by atoms with van der Waals surface area (Å²) in [7, 11) is -4.22. The van der Waals surface area contributed by atoms with Crippen LogP contribution in [0.15, 0.2) is 76.1 Å². The second-order valence-corrected chi connectivity index (χ2v) is 13.4. The molecule has 0 aliphatic heterocycles. The molecular formula is C31H36BrCl2N3O5S. The zero-order chi connectivity index (χ0) is 31.7. The highest BCUT2D eigenvalue weighted by atomic mass is 79.9. The van der Waals surface area contributed by atoms with Crippen LogP contribution in [-0.4, -0.2) is 50.4 Å². The number of sulfonamides is 1. The number of anilines is 1. The van der Waals surface area contributed by atoms with Gasteiger partial charge in [0.25, 0.3) is 10.0 Å². The molecule has 0 saturated carbocycles. The van der Waals surface area contributed by atoms with Crippen LogP contribution in [0.5, 0.6) is 5.75 Å². The highest BCUT2D eigenvalue weighted by Gasteiger charge is 2.34. The Labute approximate surface area is 272 Å². The Bertz CT molecular complexity index is 1480. The van der Waals surface area contributed by atoms with Gasteiger partial charge in [-0.15, -0.1) is 0 Å². The Morgan fingerprint density at radius 3 is 2.07 bits per heavy atom. The number of benzene rings is 3. The van der Waals surface area contributed by atoms with Crippen LogP contribution in [0.4, 0.5) is 5.69 Å². The summed E-state index contributed by atoms with van der Waals surface area (Å²) in [6.45, 7) is 7.22. The molecule has 0 unspecified atom stereocenters. The van der Waals surface area contributed by atoms with Crippen molar-refractivity contribution in [1.29, 1.82) is 0 Å². The van der Waals surface area contributed by atoms with Gasteiger partial charge in [-0.3, -0.25) is 13.9 Å². The molecule has 12 heteroatoms. The largest absolute Gasteiger partial charge is 0.494 e. The molecule has 3 rings (SSSR count). The van der Waals surface area contributed by atoms with Gasteiger partial charge in [0.2, 0.25) is 11.8 Å². The zero-order valence-corrected chi connectivity index (χ0v) is 28.4. The fourth-order valence-electron chi connectivity index (χ4n) is 4.35. The molecule has 0 radical (unpaired) electrons. The van der Waals surface area contributed by atoms with E-state index >= 15 is 0 Å². The summed E-state index contributed by atoms with van der Waals surface area (Å²) in [6.07, 6.45) is 0.974. The number of amides is 2. The molecule has 232 valence electrons. The number of hydrogen-bond acceptors (Lipinski definition) is 5. The van der Waals surface area contributed by atoms with Crippen LogP contribution < -0.4 is 14.4 Å². The van der Waals surface area contributed by atoms with Crippen LogP contribution in [0.2, 0.25) is 10.0 Å². The SMILES string of the molecule is CCOc1ccc(N(CC(=O)N(Cc2c(Cl)cccc2Cl)[C@H](CC)C(=O)N[C@H](C)CC)S(=O)(=O)c2ccc(Br)cc2)cc1. The molecule has 0 saturated heterocycles. The van der Waals surface area contributed by atoms with Gasteiger partial charge in [-0.05, 0) is 87.4 Å². The van der Waals surface area contributed by atoms with Crippen molar-refractivity contribution >= 4 is 66.7 Å². The minimum absolute atomic E-state index is 0.000335. The monoisotopic (exact) mass is 711 g/mol. The Kier molecular flexibility index (Phi) is 12.7. The topological polar surface area (TPSA) is 96.0 Å². The van der Waals surface area contributed by atoms with Gasteiger partial charge in [0.05, 0.1) is 17.2 Å². The van der Waals surface area contributed by atoms with E-state index in [0.29, 0.717) is 38.9 Å². The van der Waals surface area contributed by atoms with E-state index in [2.05, 4.69) is 21.2 Å². The lowest BCUT2D eigenvalue weighted by Crippen LogP contribution is -2.53. The van der Waals surface area contributed by atoms with Crippen molar-refractivity contribution < 1.29 is 22.7 Å². The normalized spacial score (nSPS) is 12.7. The van der Waals surface area contributed by atoms with Gasteiger partial charge < -0.3 is 15.0 Å². The average molecular weight is 714 g/mol. The van der Waals surface area contributed by atoms with E-state index in [1.54, 1.807) is 61.5 Å². The fraction of sp³-hybridized carbons (Fsp3) is 0.355. The molecule has 2 atom stereocenters. The molecular weight excluding hydrogens is 677 g/mol. The number of hydrogen-bond donors (Lipinski definition) is 1. The fourth-order valence-corrected chi connectivity index (χ4v) is 6.55. The van der Waals surface area contributed by atoms with Gasteiger partial charge in [-0.25, -0.2) is 8.42 Å². The maximum atomic E-state index is 14.2. The van der Waals surface area contributed by atoms with Gasteiger partial charge in [-0.2, -0.15) is 0 Å². The number of ether oxygens (including phenoxy) is 1. The van der Waals surface area contributed by atoms with E-state index in [0.717, 1.165) is 4.31 Å². The molecule has 1 N–H and O–H groups in total. The molecule has 0 heterocycles. The lowest BCUT2D eigenvalue weighted by atomic mass is 10.1. The number of nitrogens with one attached hydrogen (secondary N) is 1. The summed E-state index contributed by atoms with van der Waals surface area (Å²) in [6, 6.07) is 16.5. The van der Waals surface area contributed by atoms with Crippen LogP contribution in [0, 0.1) is 0 Å². The van der Waals surface area contributed by atoms with E-state index in [4.69, 9.17) is 27.9 Å². The molecule has 0 aliphatic carbocycles. The molecule has 3 aromatic carbocycles. The van der Waals surface area contributed by atoms with Gasteiger partial charge in [0.15, 0.2) is 0 Å². The van der Waals surface area contributed by atoms with Crippen molar-refractivity contribution in [3.05, 3.63) is 86.8 Å². The van der Waals surface area contributed by atoms with E-state index < -0.39 is 28.5 Å². The minimum Gasteiger partial charge on any atom is -0.494 e. The first-order valence-electron chi connectivity index (χ1n) is 14.0. The lowest BCUT2D eigenvalue weighted by Gasteiger charge is -2.34. The maximum absolute atomic E-state index is 14.2. The number of carbonyl (C=O) groups is 2. The summed E-state index contributed by atoms with van der Waals surface area (Å²) in [5, 5.41) is 3.60. The highest BCUT2D eigenvalue weighted by Crippen LogP contribution is 2.30. The maximum Gasteiger partial charge on any atom is 0.264 e. The third-order valence-corrected chi connectivity index (χ3v) is 9.92. The summed E-state index contributed by atoms with van der Waals surface area (Å²) in [4.78, 5) is 29.0. The molecule has 3 aromatic rings. The van der Waals surface area contributed by atoms with Gasteiger partial charge in [0.1, 0.15) is 18.3 Å². The van der Waals surface area contributed by atoms with E-state index in [9.17, 15) is 18.0 Å². The number of halogens is 3. The third-order valence-electron chi connectivity index (χ3n) is 6.89. The number of rotatable bonds is 14. The zero-order valence-electron chi connectivity index (χ0n) is 24.5. The van der Waals surface area contributed by atoms with Crippen molar-refractivity contribution in [3.63, 3.8) is 0 Å². The van der Waals surface area contributed by atoms with Gasteiger partial charge in [-0.1, -0.05) is 59.0 Å². The van der Waals surface area contributed by atoms with Crippen molar-refractivity contribution in [2.45, 2.75) is 64.1 Å². The third kappa shape index (κ3) is 8.88. The molecule has 0 fully saturated rings. The summed E-state index contributed by atoms with van der Waals surface area (Å²) in [5.41, 5.74) is 0.713. The quantitative estimate of drug-likeness (QED) is 0.193. The molecule has 0 spiro atoms. The van der Waals surface area contributed by atoms with Gasteiger partial charge >= 0.3 is 0 Å². The Morgan fingerprint density at radius 1 is 0.930 bits per heavy atom. The Hall–Kier alpha value is -2.79. The number of nitrogens with zero attached hydrogens (tertiary/aromatic N) is 2. The molecule has 43 heavy (non-hydrogen) atoms. The van der Waals surface area contributed by atoms with Crippen LogP contribution in [0.3, 0.4) is 0 Å². The summed E-state index contributed by atoms with van der Waals surface area (Å²) >= 11 is 16.3. The highest BCUT2D eigenvalue weighted by molar-refractivity contribution is 9.10. The molecule has 0 bridgehead atoms. The average Bonchev–Trinajstić information content (AvgIpc) is 2.97. The van der Waals surface area contributed by atoms with Gasteiger partial charge in [0, 0.05) is 32.7 Å². The predicted molar refractivity (Wildman–Crippen MR) is 175 cm³/mol. The molecule has 0 aliphatic rings. The first-order chi connectivity index (χ1) is 20.4. The van der Waals surface area contributed by atoms with Crippen LogP contribution in [-0.2, 0) is 26.2 Å². The second-order valence-electron chi connectivity index (χ2n) is 9.86. The summed E-state index contributed by atoms with van der Waals surface area (Å²) < 4.78 is 35.3. The first-order valence-corrected chi connectivity index (χ1v) is 17.0. The van der Waals surface area contributed by atoms with Crippen molar-refractivity contribution in [3.8, 4) is 5.75 Å². The predicted octanol–water partition coefficient (Wildman–Crippen LogP) is 7.07. The lowest BCUT2D eigenvalue weighted by molar-refractivity contribution is -0.140. The Balaban J connectivity index is 2.10. The molecule has 2 amide bonds. The van der Waals surface area contributed by atoms with Crippen molar-refractivity contribution in [2.75, 3.05) is 17.5 Å². The molecule has 8 nitrogen and oxygen atoms in total. The summed E-state index contributed by atoms with van der Waals surface area (Å²) in [5.74, 6) is -0.394. The van der Waals surface area contributed by atoms with Crippen molar-refractivity contribution in [2.24, 2.45) is 0 Å². The Morgan fingerprint density at radius 2 is 1.53 bits per heavy atom. The smallest absolute Gasteiger partial charge is 0.264 e. The minimum atomic E-state index is -4.22. The standard InChI is InChI=1S/C31H36BrCl2N3O5S/c1-5-21(4)35-31(39)29(6-2)36(19-26-27(33)9-8-10-28(26)34)30(38)20-37(23-13-15-24(16-14-23)42-7-3)43(40,41)25-17-11-22(32)12-18-25/h8-18,21,29H,5-7,19-20H2,1-4H3,(H,35,39)/t21-,29-/m1/s1. The number of carbonyl (C=O) groups excluding carboxylic acids is 2. The van der Waals surface area contributed by atoms with Crippen LogP contribution in [0.1, 0.15) is 46.1 Å². The van der Waals surface area contributed by atoms with E-state index in [-0.39, 0.29) is 35.5 Å². The molecule has 0 aromatic heterocycles. The van der Waals surface area contributed by atoms with Crippen molar-refractivity contribution in [1.82, 2.24) is 10.2 Å². The van der Waals surface area contributed by atoms with Crippen LogP contribution in [0.25, 0.3) is 0 Å². The second kappa shape index (κ2) is 15.8.